The number of hydrogen-bond acceptors (Lipinski definition) is 3. The van der Waals surface area contributed by atoms with Gasteiger partial charge in [-0.3, -0.25) is 0 Å². The van der Waals surface area contributed by atoms with Crippen molar-refractivity contribution >= 4 is 11.0 Å². The maximum Gasteiger partial charge on any atom is 0.127 e. The third-order valence-corrected chi connectivity index (χ3v) is 3.33. The molecule has 0 aliphatic carbocycles. The molecule has 0 spiro atoms. The molecule has 104 valence electrons. The Hall–Kier alpha value is -1.39. The zero-order valence-corrected chi connectivity index (χ0v) is 12.0. The summed E-state index contributed by atoms with van der Waals surface area (Å²) < 4.78 is 7.32. The zero-order valence-electron chi connectivity index (χ0n) is 12.0. The van der Waals surface area contributed by atoms with Gasteiger partial charge in [-0.2, -0.15) is 0 Å². The predicted octanol–water partition coefficient (Wildman–Crippen LogP) is 3.04. The van der Waals surface area contributed by atoms with Crippen molar-refractivity contribution in [2.45, 2.75) is 38.8 Å². The number of nitrogens with two attached hydrogens (primary N) is 1. The molecule has 2 N–H and O–H groups in total. The summed E-state index contributed by atoms with van der Waals surface area (Å²) >= 11 is 0. The summed E-state index contributed by atoms with van der Waals surface area (Å²) in [5.74, 6) is 0.979. The summed E-state index contributed by atoms with van der Waals surface area (Å²) in [5, 5.41) is 0. The van der Waals surface area contributed by atoms with Crippen LogP contribution in [0.1, 0.15) is 44.6 Å². The van der Waals surface area contributed by atoms with Gasteiger partial charge in [0, 0.05) is 19.8 Å². The minimum Gasteiger partial charge on any atom is -0.385 e. The average Bonchev–Trinajstić information content (AvgIpc) is 2.78. The average molecular weight is 261 g/mol. The highest BCUT2D eigenvalue weighted by Crippen LogP contribution is 2.25. The number of benzene rings is 1. The van der Waals surface area contributed by atoms with Crippen molar-refractivity contribution in [1.29, 1.82) is 0 Å². The van der Waals surface area contributed by atoms with Gasteiger partial charge in [-0.15, -0.1) is 0 Å². The van der Waals surface area contributed by atoms with Crippen LogP contribution in [0, 0.1) is 0 Å². The van der Waals surface area contributed by atoms with Gasteiger partial charge in [-0.25, -0.2) is 4.98 Å². The van der Waals surface area contributed by atoms with Crippen molar-refractivity contribution < 1.29 is 4.74 Å². The van der Waals surface area contributed by atoms with Crippen molar-refractivity contribution in [2.24, 2.45) is 5.73 Å². The lowest BCUT2D eigenvalue weighted by Gasteiger charge is -2.17. The van der Waals surface area contributed by atoms with Crippen molar-refractivity contribution in [2.75, 3.05) is 13.7 Å². The van der Waals surface area contributed by atoms with E-state index in [9.17, 15) is 0 Å². The Morgan fingerprint density at radius 1 is 1.32 bits per heavy atom. The highest BCUT2D eigenvalue weighted by Gasteiger charge is 2.18. The van der Waals surface area contributed by atoms with Gasteiger partial charge in [0.15, 0.2) is 0 Å². The van der Waals surface area contributed by atoms with Gasteiger partial charge in [-0.1, -0.05) is 12.1 Å². The molecule has 1 aromatic carbocycles. The Labute approximate surface area is 114 Å². The van der Waals surface area contributed by atoms with E-state index in [-0.39, 0.29) is 6.04 Å². The van der Waals surface area contributed by atoms with Crippen LogP contribution in [0.5, 0.6) is 0 Å². The van der Waals surface area contributed by atoms with Crippen LogP contribution < -0.4 is 5.73 Å². The number of nitrogens with zero attached hydrogens (tertiary/aromatic N) is 2. The lowest BCUT2D eigenvalue weighted by atomic mass is 10.1. The molecular formula is C15H23N3O. The standard InChI is InChI=1S/C15H23N3O/c1-11(2)18-14-9-5-4-8-13(14)17-15(18)12(16)7-6-10-19-3/h4-5,8-9,11-12H,6-7,10,16H2,1-3H3. The maximum atomic E-state index is 6.30. The van der Waals surface area contributed by atoms with E-state index in [1.807, 2.05) is 18.2 Å². The Morgan fingerprint density at radius 3 is 2.74 bits per heavy atom. The second-order valence-corrected chi connectivity index (χ2v) is 5.16. The SMILES string of the molecule is COCCCC(N)c1nc2ccccc2n1C(C)C. The molecule has 2 rings (SSSR count). The van der Waals surface area contributed by atoms with E-state index in [1.54, 1.807) is 7.11 Å². The summed E-state index contributed by atoms with van der Waals surface area (Å²) in [7, 11) is 1.72. The first-order valence-electron chi connectivity index (χ1n) is 6.86. The van der Waals surface area contributed by atoms with Crippen LogP contribution >= 0.6 is 0 Å². The summed E-state index contributed by atoms with van der Waals surface area (Å²) in [5.41, 5.74) is 8.48. The van der Waals surface area contributed by atoms with Crippen LogP contribution in [-0.4, -0.2) is 23.3 Å². The minimum atomic E-state index is -0.0371. The fourth-order valence-corrected chi connectivity index (χ4v) is 2.44. The smallest absolute Gasteiger partial charge is 0.127 e. The molecule has 1 unspecified atom stereocenters. The third kappa shape index (κ3) is 2.96. The third-order valence-electron chi connectivity index (χ3n) is 3.33. The Balaban J connectivity index is 2.33. The Bertz CT molecular complexity index is 533. The molecule has 0 bridgehead atoms. The number of fused-ring (bicyclic) bond motifs is 1. The quantitative estimate of drug-likeness (QED) is 0.813. The monoisotopic (exact) mass is 261 g/mol. The van der Waals surface area contributed by atoms with Crippen molar-refractivity contribution in [3.63, 3.8) is 0 Å². The van der Waals surface area contributed by atoms with E-state index in [4.69, 9.17) is 15.5 Å². The molecule has 0 aliphatic rings. The normalized spacial score (nSPS) is 13.3. The Morgan fingerprint density at radius 2 is 2.05 bits per heavy atom. The van der Waals surface area contributed by atoms with Gasteiger partial charge in [0.05, 0.1) is 17.1 Å². The summed E-state index contributed by atoms with van der Waals surface area (Å²) in [6, 6.07) is 8.53. The van der Waals surface area contributed by atoms with Crippen LogP contribution in [0.2, 0.25) is 0 Å². The van der Waals surface area contributed by atoms with E-state index in [0.717, 1.165) is 36.3 Å². The first-order chi connectivity index (χ1) is 9.15. The largest absolute Gasteiger partial charge is 0.385 e. The Kier molecular flexibility index (Phi) is 4.56. The molecule has 4 nitrogen and oxygen atoms in total. The minimum absolute atomic E-state index is 0.0371. The van der Waals surface area contributed by atoms with Gasteiger partial charge in [0.25, 0.3) is 0 Å². The van der Waals surface area contributed by atoms with Crippen LogP contribution in [0.15, 0.2) is 24.3 Å². The lowest BCUT2D eigenvalue weighted by molar-refractivity contribution is 0.190. The van der Waals surface area contributed by atoms with Crippen LogP contribution in [0.3, 0.4) is 0 Å². The van der Waals surface area contributed by atoms with Crippen molar-refractivity contribution in [3.8, 4) is 0 Å². The van der Waals surface area contributed by atoms with Gasteiger partial charge >= 0.3 is 0 Å². The molecule has 0 radical (unpaired) electrons. The molecular weight excluding hydrogens is 238 g/mol. The molecule has 0 fully saturated rings. The molecule has 19 heavy (non-hydrogen) atoms. The van der Waals surface area contributed by atoms with E-state index >= 15 is 0 Å². The number of imidazole rings is 1. The van der Waals surface area contributed by atoms with E-state index in [1.165, 1.54) is 0 Å². The highest BCUT2D eigenvalue weighted by atomic mass is 16.5. The van der Waals surface area contributed by atoms with Gasteiger partial charge < -0.3 is 15.0 Å². The molecule has 0 amide bonds. The first-order valence-corrected chi connectivity index (χ1v) is 6.86. The molecule has 1 aromatic heterocycles. The fourth-order valence-electron chi connectivity index (χ4n) is 2.44. The zero-order chi connectivity index (χ0) is 13.8. The molecule has 0 saturated carbocycles. The maximum absolute atomic E-state index is 6.30. The molecule has 0 aliphatic heterocycles. The van der Waals surface area contributed by atoms with Crippen molar-refractivity contribution in [3.05, 3.63) is 30.1 Å². The molecule has 4 heteroatoms. The van der Waals surface area contributed by atoms with E-state index in [0.29, 0.717) is 6.04 Å². The summed E-state index contributed by atoms with van der Waals surface area (Å²) in [6.45, 7) is 5.08. The number of methoxy groups -OCH3 is 1. The molecule has 2 aromatic rings. The second-order valence-electron chi connectivity index (χ2n) is 5.16. The van der Waals surface area contributed by atoms with E-state index in [2.05, 4.69) is 24.5 Å². The van der Waals surface area contributed by atoms with Gasteiger partial charge in [0.1, 0.15) is 5.82 Å². The number of rotatable bonds is 6. The number of aromatic nitrogens is 2. The topological polar surface area (TPSA) is 53.1 Å². The van der Waals surface area contributed by atoms with E-state index < -0.39 is 0 Å². The summed E-state index contributed by atoms with van der Waals surface area (Å²) in [6.07, 6.45) is 1.85. The number of hydrogen-bond donors (Lipinski definition) is 1. The number of para-hydroxylation sites is 2. The molecule has 1 atom stereocenters. The van der Waals surface area contributed by atoms with Crippen LogP contribution in [0.4, 0.5) is 0 Å². The molecule has 1 heterocycles. The van der Waals surface area contributed by atoms with Crippen LogP contribution in [0.25, 0.3) is 11.0 Å². The fraction of sp³-hybridized carbons (Fsp3) is 0.533. The number of ether oxygens (including phenoxy) is 1. The second kappa shape index (κ2) is 6.17. The molecule has 0 saturated heterocycles. The predicted molar refractivity (Wildman–Crippen MR) is 78.2 cm³/mol. The lowest BCUT2D eigenvalue weighted by Crippen LogP contribution is -2.18. The van der Waals surface area contributed by atoms with Gasteiger partial charge in [-0.05, 0) is 38.8 Å². The highest BCUT2D eigenvalue weighted by molar-refractivity contribution is 5.76. The van der Waals surface area contributed by atoms with Gasteiger partial charge in [0.2, 0.25) is 0 Å². The van der Waals surface area contributed by atoms with Crippen molar-refractivity contribution in [1.82, 2.24) is 9.55 Å². The summed E-state index contributed by atoms with van der Waals surface area (Å²) in [4.78, 5) is 4.71. The first kappa shape index (κ1) is 14.0. The van der Waals surface area contributed by atoms with Crippen LogP contribution in [-0.2, 0) is 4.74 Å².